The van der Waals surface area contributed by atoms with E-state index in [1.165, 1.54) is 11.8 Å². The average Bonchev–Trinajstić information content (AvgIpc) is 3.16. The third kappa shape index (κ3) is 5.59. The summed E-state index contributed by atoms with van der Waals surface area (Å²) in [6.45, 7) is 2.90. The number of halogens is 2. The smallest absolute Gasteiger partial charge is 0.234 e. The van der Waals surface area contributed by atoms with Crippen molar-refractivity contribution in [3.05, 3.63) is 58.3 Å². The highest BCUT2D eigenvalue weighted by Crippen LogP contribution is 2.30. The van der Waals surface area contributed by atoms with E-state index in [-0.39, 0.29) is 18.3 Å². The van der Waals surface area contributed by atoms with Crippen molar-refractivity contribution in [3.63, 3.8) is 0 Å². The van der Waals surface area contributed by atoms with Gasteiger partial charge in [-0.3, -0.25) is 4.79 Å². The number of carbonyl (C=O) groups excluding carboxylic acids is 1. The van der Waals surface area contributed by atoms with Crippen LogP contribution in [-0.4, -0.2) is 33.5 Å². The van der Waals surface area contributed by atoms with Gasteiger partial charge in [0.25, 0.3) is 0 Å². The average molecular weight is 467 g/mol. The van der Waals surface area contributed by atoms with Crippen LogP contribution in [0.3, 0.4) is 0 Å². The third-order valence-electron chi connectivity index (χ3n) is 4.10. The predicted molar refractivity (Wildman–Crippen MR) is 119 cm³/mol. The number of aromatic nitrogens is 3. The van der Waals surface area contributed by atoms with E-state index in [1.807, 2.05) is 35.8 Å². The second-order valence-corrected chi connectivity index (χ2v) is 7.77. The lowest BCUT2D eigenvalue weighted by Crippen LogP contribution is -2.15. The highest BCUT2D eigenvalue weighted by Gasteiger charge is 2.15. The maximum absolute atomic E-state index is 12.3. The largest absolute Gasteiger partial charge is 0.497 e. The van der Waals surface area contributed by atoms with Gasteiger partial charge in [0.2, 0.25) is 5.91 Å². The van der Waals surface area contributed by atoms with Crippen molar-refractivity contribution in [1.82, 2.24) is 14.8 Å². The van der Waals surface area contributed by atoms with Gasteiger partial charge in [-0.25, -0.2) is 0 Å². The molecule has 1 heterocycles. The van der Waals surface area contributed by atoms with Gasteiger partial charge < -0.3 is 19.4 Å². The molecular weight excluding hydrogens is 447 g/mol. The van der Waals surface area contributed by atoms with Gasteiger partial charge in [0.05, 0.1) is 28.6 Å². The Morgan fingerprint density at radius 1 is 1.13 bits per heavy atom. The number of hydrogen-bond acceptors (Lipinski definition) is 6. The standard InChI is InChI=1S/C20H20Cl2N4O3S/c1-3-26-17(11-29-14-9-7-13(28-2)8-10-14)24-25-20(26)30-12-18(27)23-16-6-4-5-15(21)19(16)22/h4-10H,3,11-12H2,1-2H3,(H,23,27). The number of benzene rings is 2. The Kier molecular flexibility index (Phi) is 7.84. The molecule has 3 rings (SSSR count). The molecule has 0 aliphatic rings. The number of nitrogens with zero attached hydrogens (tertiary/aromatic N) is 3. The normalized spacial score (nSPS) is 10.7. The Hall–Kier alpha value is -2.42. The molecule has 30 heavy (non-hydrogen) atoms. The van der Waals surface area contributed by atoms with Crippen molar-refractivity contribution in [2.75, 3.05) is 18.2 Å². The summed E-state index contributed by atoms with van der Waals surface area (Å²) >= 11 is 13.4. The zero-order valence-electron chi connectivity index (χ0n) is 16.4. The van der Waals surface area contributed by atoms with Gasteiger partial charge in [-0.2, -0.15) is 0 Å². The Balaban J connectivity index is 1.58. The lowest BCUT2D eigenvalue weighted by Gasteiger charge is -2.10. The number of amides is 1. The molecule has 0 aliphatic carbocycles. The van der Waals surface area contributed by atoms with Crippen LogP contribution in [0.4, 0.5) is 5.69 Å². The van der Waals surface area contributed by atoms with Crippen LogP contribution in [0.25, 0.3) is 0 Å². The first-order valence-electron chi connectivity index (χ1n) is 9.07. The number of thioether (sulfide) groups is 1. The molecule has 0 radical (unpaired) electrons. The van der Waals surface area contributed by atoms with Crippen LogP contribution in [0, 0.1) is 0 Å². The van der Waals surface area contributed by atoms with Gasteiger partial charge in [0.1, 0.15) is 18.1 Å². The molecule has 1 amide bonds. The molecule has 0 saturated heterocycles. The second kappa shape index (κ2) is 10.6. The number of rotatable bonds is 9. The lowest BCUT2D eigenvalue weighted by atomic mass is 10.3. The molecule has 1 aromatic heterocycles. The predicted octanol–water partition coefficient (Wildman–Crippen LogP) is 4.92. The molecule has 3 aromatic rings. The second-order valence-electron chi connectivity index (χ2n) is 6.05. The van der Waals surface area contributed by atoms with Crippen LogP contribution in [0.2, 0.25) is 10.0 Å². The van der Waals surface area contributed by atoms with Crippen LogP contribution in [0.1, 0.15) is 12.7 Å². The van der Waals surface area contributed by atoms with E-state index in [9.17, 15) is 4.79 Å². The SMILES string of the molecule is CCn1c(COc2ccc(OC)cc2)nnc1SCC(=O)Nc1cccc(Cl)c1Cl. The third-order valence-corrected chi connectivity index (χ3v) is 5.88. The number of nitrogens with one attached hydrogen (secondary N) is 1. The summed E-state index contributed by atoms with van der Waals surface area (Å²) in [5.41, 5.74) is 0.473. The van der Waals surface area contributed by atoms with Gasteiger partial charge >= 0.3 is 0 Å². The fraction of sp³-hybridized carbons (Fsp3) is 0.250. The minimum Gasteiger partial charge on any atom is -0.497 e. The molecular formula is C20H20Cl2N4O3S. The number of anilines is 1. The van der Waals surface area contributed by atoms with E-state index >= 15 is 0 Å². The van der Waals surface area contributed by atoms with E-state index in [4.69, 9.17) is 32.7 Å². The summed E-state index contributed by atoms with van der Waals surface area (Å²) in [5, 5.41) is 12.5. The first-order chi connectivity index (χ1) is 14.5. The fourth-order valence-electron chi connectivity index (χ4n) is 2.59. The highest BCUT2D eigenvalue weighted by molar-refractivity contribution is 7.99. The summed E-state index contributed by atoms with van der Waals surface area (Å²) in [6.07, 6.45) is 0. The Morgan fingerprint density at radius 2 is 1.87 bits per heavy atom. The summed E-state index contributed by atoms with van der Waals surface area (Å²) < 4.78 is 12.8. The van der Waals surface area contributed by atoms with Crippen LogP contribution < -0.4 is 14.8 Å². The van der Waals surface area contributed by atoms with E-state index in [1.54, 1.807) is 25.3 Å². The van der Waals surface area contributed by atoms with Crippen molar-refractivity contribution >= 4 is 46.6 Å². The minimum atomic E-state index is -0.217. The highest BCUT2D eigenvalue weighted by atomic mass is 35.5. The monoisotopic (exact) mass is 466 g/mol. The Labute approximate surface area is 188 Å². The maximum Gasteiger partial charge on any atom is 0.234 e. The molecule has 1 N–H and O–H groups in total. The topological polar surface area (TPSA) is 78.3 Å². The first-order valence-corrected chi connectivity index (χ1v) is 10.8. The molecule has 7 nitrogen and oxygen atoms in total. The van der Waals surface area contributed by atoms with E-state index in [0.717, 1.165) is 5.75 Å². The maximum atomic E-state index is 12.3. The first kappa shape index (κ1) is 22.3. The number of hydrogen-bond donors (Lipinski definition) is 1. The van der Waals surface area contributed by atoms with Gasteiger partial charge in [0, 0.05) is 6.54 Å². The molecule has 0 fully saturated rings. The minimum absolute atomic E-state index is 0.153. The van der Waals surface area contributed by atoms with Crippen molar-refractivity contribution in [2.45, 2.75) is 25.2 Å². The lowest BCUT2D eigenvalue weighted by molar-refractivity contribution is -0.113. The number of methoxy groups -OCH3 is 1. The molecule has 0 aliphatic heterocycles. The van der Waals surface area contributed by atoms with Crippen LogP contribution in [0.5, 0.6) is 11.5 Å². The fourth-order valence-corrected chi connectivity index (χ4v) is 3.76. The van der Waals surface area contributed by atoms with E-state index in [0.29, 0.717) is 39.0 Å². The van der Waals surface area contributed by atoms with Gasteiger partial charge in [0.15, 0.2) is 11.0 Å². The number of ether oxygens (including phenoxy) is 2. The molecule has 0 saturated carbocycles. The molecule has 0 spiro atoms. The zero-order chi connectivity index (χ0) is 21.5. The zero-order valence-corrected chi connectivity index (χ0v) is 18.7. The van der Waals surface area contributed by atoms with Gasteiger partial charge in [-0.15, -0.1) is 10.2 Å². The van der Waals surface area contributed by atoms with Crippen molar-refractivity contribution in [2.24, 2.45) is 0 Å². The van der Waals surface area contributed by atoms with Gasteiger partial charge in [-0.1, -0.05) is 41.0 Å². The van der Waals surface area contributed by atoms with Gasteiger partial charge in [-0.05, 0) is 43.3 Å². The summed E-state index contributed by atoms with van der Waals surface area (Å²) in [4.78, 5) is 12.3. The van der Waals surface area contributed by atoms with Crippen molar-refractivity contribution in [1.29, 1.82) is 0 Å². The molecule has 0 bridgehead atoms. The molecule has 158 valence electrons. The summed E-state index contributed by atoms with van der Waals surface area (Å²) in [6, 6.07) is 12.4. The molecule has 0 atom stereocenters. The summed E-state index contributed by atoms with van der Waals surface area (Å²) in [7, 11) is 1.61. The Bertz CT molecular complexity index is 1010. The molecule has 2 aromatic carbocycles. The summed E-state index contributed by atoms with van der Waals surface area (Å²) in [5.74, 6) is 2.07. The van der Waals surface area contributed by atoms with Crippen molar-refractivity contribution < 1.29 is 14.3 Å². The van der Waals surface area contributed by atoms with E-state index in [2.05, 4.69) is 15.5 Å². The molecule has 0 unspecified atom stereocenters. The van der Waals surface area contributed by atoms with Crippen LogP contribution in [0.15, 0.2) is 47.6 Å². The molecule has 10 heteroatoms. The van der Waals surface area contributed by atoms with E-state index < -0.39 is 0 Å². The quantitative estimate of drug-likeness (QED) is 0.450. The number of carbonyl (C=O) groups is 1. The Morgan fingerprint density at radius 3 is 2.57 bits per heavy atom. The van der Waals surface area contributed by atoms with Crippen LogP contribution >= 0.6 is 35.0 Å². The van der Waals surface area contributed by atoms with Crippen molar-refractivity contribution in [3.8, 4) is 11.5 Å². The van der Waals surface area contributed by atoms with Crippen LogP contribution in [-0.2, 0) is 17.9 Å².